The van der Waals surface area contributed by atoms with E-state index in [0.29, 0.717) is 16.3 Å². The van der Waals surface area contributed by atoms with Gasteiger partial charge in [-0.05, 0) is 87.0 Å². The van der Waals surface area contributed by atoms with Crippen molar-refractivity contribution in [2.24, 2.45) is 5.10 Å². The molecule has 196 valence electrons. The van der Waals surface area contributed by atoms with E-state index in [1.165, 1.54) is 30.5 Å². The van der Waals surface area contributed by atoms with Crippen molar-refractivity contribution in [2.75, 3.05) is 10.8 Å². The summed E-state index contributed by atoms with van der Waals surface area (Å²) < 4.78 is 43.3. The molecule has 3 aromatic carbocycles. The maximum absolute atomic E-state index is 13.5. The molecule has 0 aliphatic heterocycles. The molecule has 1 N–H and O–H groups in total. The number of nitrogens with one attached hydrogen (secondary N) is 1. The molecule has 0 bridgehead atoms. The van der Waals surface area contributed by atoms with Crippen LogP contribution in [0.25, 0.3) is 5.69 Å². The fourth-order valence-corrected chi connectivity index (χ4v) is 5.90. The number of carbonyl (C=O) groups is 1. The fourth-order valence-electron chi connectivity index (χ4n) is 4.16. The van der Waals surface area contributed by atoms with Gasteiger partial charge in [-0.1, -0.05) is 29.8 Å². The highest BCUT2D eigenvalue weighted by Gasteiger charge is 2.28. The van der Waals surface area contributed by atoms with Crippen molar-refractivity contribution in [1.82, 2.24) is 9.99 Å². The van der Waals surface area contributed by atoms with Crippen molar-refractivity contribution in [3.05, 3.63) is 112 Å². The summed E-state index contributed by atoms with van der Waals surface area (Å²) in [6, 6.07) is 20.7. The fraction of sp³-hybridized carbons (Fsp3) is 0.143. The molecule has 0 unspecified atom stereocenters. The number of benzene rings is 3. The lowest BCUT2D eigenvalue weighted by Crippen LogP contribution is -2.40. The molecule has 0 fully saturated rings. The van der Waals surface area contributed by atoms with Crippen molar-refractivity contribution in [2.45, 2.75) is 25.7 Å². The number of hydrogen-bond acceptors (Lipinski definition) is 4. The van der Waals surface area contributed by atoms with Gasteiger partial charge in [-0.15, -0.1) is 0 Å². The van der Waals surface area contributed by atoms with Crippen LogP contribution < -0.4 is 9.73 Å². The van der Waals surface area contributed by atoms with Crippen LogP contribution in [0.5, 0.6) is 0 Å². The summed E-state index contributed by atoms with van der Waals surface area (Å²) in [6.45, 7) is 5.03. The average Bonchev–Trinajstić information content (AvgIpc) is 3.16. The third-order valence-corrected chi connectivity index (χ3v) is 8.00. The summed E-state index contributed by atoms with van der Waals surface area (Å²) in [5, 5.41) is 4.52. The standard InChI is InChI=1S/C28H26ClFN4O3S/c1-19-15-23(29)9-14-27(19)33(38(36,37)26-7-5-4-6-8-26)18-28(35)32-31-17-22-16-20(2)34(21(22)3)25-12-10-24(30)11-13-25/h4-17H,18H2,1-3H3,(H,32,35)/b31-17+. The molecule has 38 heavy (non-hydrogen) atoms. The smallest absolute Gasteiger partial charge is 0.264 e. The Hall–Kier alpha value is -3.95. The number of anilines is 1. The maximum atomic E-state index is 13.5. The third-order valence-electron chi connectivity index (χ3n) is 5.99. The molecule has 1 aromatic heterocycles. The number of sulfonamides is 1. The number of rotatable bonds is 8. The molecule has 0 atom stereocenters. The number of hydrazone groups is 1. The summed E-state index contributed by atoms with van der Waals surface area (Å²) in [4.78, 5) is 12.9. The van der Waals surface area contributed by atoms with Crippen molar-refractivity contribution in [3.63, 3.8) is 0 Å². The minimum atomic E-state index is -4.06. The molecule has 1 heterocycles. The first-order chi connectivity index (χ1) is 18.1. The lowest BCUT2D eigenvalue weighted by molar-refractivity contribution is -0.119. The van der Waals surface area contributed by atoms with Crippen LogP contribution in [0.2, 0.25) is 5.02 Å². The zero-order valence-corrected chi connectivity index (χ0v) is 22.6. The largest absolute Gasteiger partial charge is 0.318 e. The molecule has 1 amide bonds. The van der Waals surface area contributed by atoms with E-state index in [0.717, 1.165) is 26.9 Å². The number of aryl methyl sites for hydroxylation is 2. The second-order valence-corrected chi connectivity index (χ2v) is 11.0. The highest BCUT2D eigenvalue weighted by atomic mass is 35.5. The highest BCUT2D eigenvalue weighted by molar-refractivity contribution is 7.92. The Morgan fingerprint density at radius 2 is 1.71 bits per heavy atom. The number of hydrogen-bond donors (Lipinski definition) is 1. The highest BCUT2D eigenvalue weighted by Crippen LogP contribution is 2.28. The molecule has 0 spiro atoms. The van der Waals surface area contributed by atoms with Gasteiger partial charge in [0.2, 0.25) is 0 Å². The number of amides is 1. The Balaban J connectivity index is 1.56. The lowest BCUT2D eigenvalue weighted by Gasteiger charge is -2.25. The topological polar surface area (TPSA) is 83.8 Å². The van der Waals surface area contributed by atoms with E-state index in [1.807, 2.05) is 24.5 Å². The SMILES string of the molecule is Cc1cc(Cl)ccc1N(CC(=O)N/N=C/c1cc(C)n(-c2ccc(F)cc2)c1C)S(=O)(=O)c1ccccc1. The number of carbonyl (C=O) groups excluding carboxylic acids is 1. The number of nitrogens with zero attached hydrogens (tertiary/aromatic N) is 3. The van der Waals surface area contributed by atoms with E-state index in [4.69, 9.17) is 11.6 Å². The van der Waals surface area contributed by atoms with Crippen LogP contribution in [-0.2, 0) is 14.8 Å². The van der Waals surface area contributed by atoms with Gasteiger partial charge in [-0.3, -0.25) is 9.10 Å². The second kappa shape index (κ2) is 11.2. The van der Waals surface area contributed by atoms with Crippen molar-refractivity contribution < 1.29 is 17.6 Å². The summed E-state index contributed by atoms with van der Waals surface area (Å²) in [6.07, 6.45) is 1.49. The second-order valence-electron chi connectivity index (χ2n) is 8.69. The van der Waals surface area contributed by atoms with Gasteiger partial charge in [0, 0.05) is 27.7 Å². The molecule has 7 nitrogen and oxygen atoms in total. The average molecular weight is 553 g/mol. The third kappa shape index (κ3) is 5.79. The molecular formula is C28H26ClFN4O3S. The minimum absolute atomic E-state index is 0.0545. The van der Waals surface area contributed by atoms with E-state index in [-0.39, 0.29) is 10.7 Å². The predicted octanol–water partition coefficient (Wildman–Crippen LogP) is 5.54. The molecule has 4 aromatic rings. The molecule has 0 saturated carbocycles. The van der Waals surface area contributed by atoms with Gasteiger partial charge in [-0.25, -0.2) is 18.2 Å². The van der Waals surface area contributed by atoms with Crippen molar-refractivity contribution >= 4 is 39.4 Å². The van der Waals surface area contributed by atoms with Crippen LogP contribution in [0.4, 0.5) is 10.1 Å². The molecule has 10 heteroatoms. The van der Waals surface area contributed by atoms with Crippen LogP contribution in [0.1, 0.15) is 22.5 Å². The van der Waals surface area contributed by atoms with E-state index in [9.17, 15) is 17.6 Å². The van der Waals surface area contributed by atoms with Gasteiger partial charge >= 0.3 is 0 Å². The van der Waals surface area contributed by atoms with E-state index >= 15 is 0 Å². The van der Waals surface area contributed by atoms with Crippen LogP contribution >= 0.6 is 11.6 Å². The first-order valence-corrected chi connectivity index (χ1v) is 13.5. The molecule has 0 saturated heterocycles. The van der Waals surface area contributed by atoms with Crippen molar-refractivity contribution in [3.8, 4) is 5.69 Å². The Morgan fingerprint density at radius 1 is 1.03 bits per heavy atom. The summed E-state index contributed by atoms with van der Waals surface area (Å²) >= 11 is 6.07. The van der Waals surface area contributed by atoms with Crippen LogP contribution in [0.3, 0.4) is 0 Å². The Kier molecular flexibility index (Phi) is 7.99. The van der Waals surface area contributed by atoms with E-state index < -0.39 is 22.5 Å². The normalized spacial score (nSPS) is 11.6. The Labute approximate surface area is 226 Å². The molecule has 0 aliphatic carbocycles. The van der Waals surface area contributed by atoms with E-state index in [2.05, 4.69) is 10.5 Å². The summed E-state index contributed by atoms with van der Waals surface area (Å²) in [5.41, 5.74) is 6.65. The van der Waals surface area contributed by atoms with Gasteiger partial charge in [0.1, 0.15) is 12.4 Å². The van der Waals surface area contributed by atoms with Gasteiger partial charge in [0.05, 0.1) is 16.8 Å². The monoisotopic (exact) mass is 552 g/mol. The quantitative estimate of drug-likeness (QED) is 0.230. The first kappa shape index (κ1) is 27.1. The predicted molar refractivity (Wildman–Crippen MR) is 148 cm³/mol. The van der Waals surface area contributed by atoms with Crippen molar-refractivity contribution in [1.29, 1.82) is 0 Å². The van der Waals surface area contributed by atoms with Gasteiger partial charge in [0.25, 0.3) is 15.9 Å². The Morgan fingerprint density at radius 3 is 2.37 bits per heavy atom. The zero-order valence-electron chi connectivity index (χ0n) is 21.0. The van der Waals surface area contributed by atoms with Crippen LogP contribution in [0, 0.1) is 26.6 Å². The Bertz CT molecular complexity index is 1600. The lowest BCUT2D eigenvalue weighted by atomic mass is 10.2. The van der Waals surface area contributed by atoms with Gasteiger partial charge in [-0.2, -0.15) is 5.10 Å². The van der Waals surface area contributed by atoms with Crippen LogP contribution in [-0.4, -0.2) is 31.7 Å². The molecule has 4 rings (SSSR count). The summed E-state index contributed by atoms with van der Waals surface area (Å²) in [5.74, 6) is -0.944. The van der Waals surface area contributed by atoms with Gasteiger partial charge in [0.15, 0.2) is 0 Å². The first-order valence-electron chi connectivity index (χ1n) is 11.7. The maximum Gasteiger partial charge on any atom is 0.264 e. The van der Waals surface area contributed by atoms with Crippen LogP contribution in [0.15, 0.2) is 88.9 Å². The molecule has 0 aliphatic rings. The van der Waals surface area contributed by atoms with E-state index in [1.54, 1.807) is 55.5 Å². The van der Waals surface area contributed by atoms with Gasteiger partial charge < -0.3 is 4.57 Å². The zero-order chi connectivity index (χ0) is 27.4. The number of halogens is 2. The molecular weight excluding hydrogens is 527 g/mol. The summed E-state index contributed by atoms with van der Waals surface area (Å²) in [7, 11) is -4.06. The number of aromatic nitrogens is 1. The molecule has 0 radical (unpaired) electrons. The minimum Gasteiger partial charge on any atom is -0.318 e.